The van der Waals surface area contributed by atoms with Gasteiger partial charge in [-0.2, -0.15) is 9.97 Å². The molecule has 0 saturated heterocycles. The summed E-state index contributed by atoms with van der Waals surface area (Å²) in [5.74, 6) is 2.88. The fourth-order valence-corrected chi connectivity index (χ4v) is 8.84. The molecule has 2 atom stereocenters. The van der Waals surface area contributed by atoms with Crippen LogP contribution in [-0.2, 0) is 10.2 Å². The van der Waals surface area contributed by atoms with Crippen LogP contribution in [0, 0.1) is 0 Å². The van der Waals surface area contributed by atoms with Gasteiger partial charge in [-0.1, -0.05) is 129 Å². The molecule has 3 aliphatic carbocycles. The zero-order valence-electron chi connectivity index (χ0n) is 31.3. The Hall–Kier alpha value is -6.67. The van der Waals surface area contributed by atoms with Crippen molar-refractivity contribution in [2.45, 2.75) is 44.0 Å². The average molecular weight is 727 g/mol. The molecule has 6 aromatic rings. The number of aromatic nitrogens is 5. The van der Waals surface area contributed by atoms with Crippen molar-refractivity contribution in [1.29, 1.82) is 0 Å². The van der Waals surface area contributed by atoms with Crippen LogP contribution in [0.3, 0.4) is 0 Å². The van der Waals surface area contributed by atoms with E-state index in [1.54, 1.807) is 0 Å². The number of fused-ring (bicyclic) bond motifs is 3. The summed E-state index contributed by atoms with van der Waals surface area (Å²) in [5.41, 5.74) is 10.6. The number of benzene rings is 3. The number of hydrogen-bond donors (Lipinski definition) is 0. The number of ether oxygens (including phenoxy) is 1. The first-order valence-electron chi connectivity index (χ1n) is 19.3. The number of rotatable bonds is 7. The fraction of sp³-hybridized carbons (Fsp3) is 0.146. The van der Waals surface area contributed by atoms with Crippen LogP contribution in [-0.4, -0.2) is 37.7 Å². The van der Waals surface area contributed by atoms with Crippen molar-refractivity contribution in [3.05, 3.63) is 192 Å². The van der Waals surface area contributed by atoms with Gasteiger partial charge in [-0.15, -0.1) is 0 Å². The van der Waals surface area contributed by atoms with Crippen molar-refractivity contribution in [2.24, 2.45) is 0 Å². The lowest BCUT2D eigenvalue weighted by Crippen LogP contribution is -2.48. The lowest BCUT2D eigenvalue weighted by atomic mass is 9.31. The topological polar surface area (TPSA) is 76.9 Å². The lowest BCUT2D eigenvalue weighted by Gasteiger charge is -2.41. The molecule has 3 aromatic carbocycles. The van der Waals surface area contributed by atoms with Gasteiger partial charge in [0.05, 0.1) is 17.1 Å². The maximum absolute atomic E-state index is 6.80. The summed E-state index contributed by atoms with van der Waals surface area (Å²) in [6.07, 6.45) is 18.2. The first-order chi connectivity index (χ1) is 27.5. The average Bonchev–Trinajstić information content (AvgIpc) is 3.49. The van der Waals surface area contributed by atoms with Crippen LogP contribution in [0.25, 0.3) is 33.8 Å². The van der Waals surface area contributed by atoms with E-state index < -0.39 is 0 Å². The van der Waals surface area contributed by atoms with E-state index in [0.29, 0.717) is 17.6 Å². The van der Waals surface area contributed by atoms with Crippen molar-refractivity contribution in [3.63, 3.8) is 0 Å². The molecule has 4 heterocycles. The minimum absolute atomic E-state index is 0.0428. The van der Waals surface area contributed by atoms with E-state index in [2.05, 4.69) is 121 Å². The highest BCUT2D eigenvalue weighted by atomic mass is 16.5. The van der Waals surface area contributed by atoms with Crippen LogP contribution in [0.5, 0.6) is 0 Å². The van der Waals surface area contributed by atoms with Gasteiger partial charge in [0, 0.05) is 53.1 Å². The molecule has 3 aromatic heterocycles. The third kappa shape index (κ3) is 5.89. The minimum Gasteiger partial charge on any atom is -0.490 e. The second-order valence-corrected chi connectivity index (χ2v) is 15.2. The maximum atomic E-state index is 6.80. The third-order valence-electron chi connectivity index (χ3n) is 11.4. The van der Waals surface area contributed by atoms with Crippen molar-refractivity contribution >= 4 is 35.0 Å². The Bertz CT molecular complexity index is 2560. The van der Waals surface area contributed by atoms with E-state index in [4.69, 9.17) is 24.7 Å². The minimum atomic E-state index is -0.376. The predicted molar refractivity (Wildman–Crippen MR) is 225 cm³/mol. The number of allylic oxidation sites excluding steroid dienone is 7. The molecule has 270 valence electrons. The van der Waals surface area contributed by atoms with Crippen LogP contribution in [0.2, 0.25) is 5.82 Å². The molecule has 0 amide bonds. The van der Waals surface area contributed by atoms with Gasteiger partial charge in [-0.3, -0.25) is 14.9 Å². The number of hydrogen-bond acceptors (Lipinski definition) is 7. The van der Waals surface area contributed by atoms with Crippen molar-refractivity contribution in [1.82, 2.24) is 24.9 Å². The molecular weight excluding hydrogens is 687 g/mol. The Kier molecular flexibility index (Phi) is 8.39. The molecule has 0 fully saturated rings. The predicted octanol–water partition coefficient (Wildman–Crippen LogP) is 9.73. The molecule has 1 aliphatic heterocycles. The normalized spacial score (nSPS) is 19.2. The summed E-state index contributed by atoms with van der Waals surface area (Å²) in [6.45, 7) is 4.60. The van der Waals surface area contributed by atoms with Gasteiger partial charge in [0.2, 0.25) is 12.7 Å². The first kappa shape index (κ1) is 33.9. The van der Waals surface area contributed by atoms with Gasteiger partial charge in [0.1, 0.15) is 6.10 Å². The van der Waals surface area contributed by atoms with Crippen molar-refractivity contribution in [3.8, 4) is 22.8 Å². The van der Waals surface area contributed by atoms with Gasteiger partial charge in [0.15, 0.2) is 11.6 Å². The smallest absolute Gasteiger partial charge is 0.246 e. The van der Waals surface area contributed by atoms with Crippen LogP contribution in [0.1, 0.15) is 43.5 Å². The summed E-state index contributed by atoms with van der Waals surface area (Å²) < 4.78 is 6.80. The molecule has 7 nitrogen and oxygen atoms in total. The highest BCUT2D eigenvalue weighted by Crippen LogP contribution is 2.55. The molecule has 4 aliphatic rings. The van der Waals surface area contributed by atoms with Gasteiger partial charge in [-0.25, -0.2) is 4.98 Å². The second-order valence-electron chi connectivity index (χ2n) is 15.2. The Morgan fingerprint density at radius 2 is 1.38 bits per heavy atom. The van der Waals surface area contributed by atoms with E-state index in [-0.39, 0.29) is 24.0 Å². The molecule has 0 N–H and O–H groups in total. The molecule has 8 heteroatoms. The summed E-state index contributed by atoms with van der Waals surface area (Å²) in [5, 5.41) is 0. The maximum Gasteiger partial charge on any atom is 0.246 e. The van der Waals surface area contributed by atoms with Gasteiger partial charge in [0.25, 0.3) is 0 Å². The lowest BCUT2D eigenvalue weighted by molar-refractivity contribution is 0.149. The summed E-state index contributed by atoms with van der Waals surface area (Å²) in [4.78, 5) is 27.6. The van der Waals surface area contributed by atoms with Crippen molar-refractivity contribution in [2.75, 3.05) is 4.90 Å². The van der Waals surface area contributed by atoms with Gasteiger partial charge in [-0.05, 0) is 64.4 Å². The molecule has 10 rings (SSSR count). The van der Waals surface area contributed by atoms with Crippen LogP contribution < -0.4 is 10.5 Å². The molecule has 2 unspecified atom stereocenters. The van der Waals surface area contributed by atoms with Crippen LogP contribution >= 0.6 is 0 Å². The molecular formula is C48H39BN6O. The highest BCUT2D eigenvalue weighted by molar-refractivity contribution is 6.93. The Morgan fingerprint density at radius 1 is 0.679 bits per heavy atom. The summed E-state index contributed by atoms with van der Waals surface area (Å²) >= 11 is 0. The Labute approximate surface area is 327 Å². The van der Waals surface area contributed by atoms with E-state index in [1.807, 2.05) is 67.0 Å². The molecule has 0 radical (unpaired) electrons. The molecule has 0 saturated carbocycles. The third-order valence-corrected chi connectivity index (χ3v) is 11.4. The number of pyridine rings is 2. The van der Waals surface area contributed by atoms with Crippen LogP contribution in [0.4, 0.5) is 11.6 Å². The zero-order chi connectivity index (χ0) is 37.6. The van der Waals surface area contributed by atoms with E-state index in [1.165, 1.54) is 27.9 Å². The first-order valence-corrected chi connectivity index (χ1v) is 19.3. The monoisotopic (exact) mass is 726 g/mol. The van der Waals surface area contributed by atoms with Gasteiger partial charge >= 0.3 is 0 Å². The van der Waals surface area contributed by atoms with Crippen molar-refractivity contribution < 1.29 is 4.74 Å². The number of anilines is 2. The Morgan fingerprint density at radius 3 is 2.12 bits per heavy atom. The number of nitrogens with zero attached hydrogens (tertiary/aromatic N) is 6. The summed E-state index contributed by atoms with van der Waals surface area (Å²) in [7, 11) is 0. The highest BCUT2D eigenvalue weighted by Gasteiger charge is 2.51. The van der Waals surface area contributed by atoms with E-state index >= 15 is 0 Å². The van der Waals surface area contributed by atoms with Gasteiger partial charge < -0.3 is 4.74 Å². The zero-order valence-corrected chi connectivity index (χ0v) is 31.3. The second kappa shape index (κ2) is 13.9. The van der Waals surface area contributed by atoms with Crippen LogP contribution in [0.15, 0.2) is 176 Å². The van der Waals surface area contributed by atoms with E-state index in [9.17, 15) is 0 Å². The fourth-order valence-electron chi connectivity index (χ4n) is 8.84. The largest absolute Gasteiger partial charge is 0.490 e. The van der Waals surface area contributed by atoms with E-state index in [0.717, 1.165) is 46.7 Å². The standard InChI is InChI=1S/C48H39BN6O/c1-48(2)39-25-10-9-24-38(39)42-43(48)55(47-53-45(32-16-5-3-6-17-32)52-46(54-47)33-18-7-4-8-19-33)41-27-15-29-51-44(41)49(42)35-21-14-23-37(31-35)56-36-22-13-20-34(30-36)40-26-11-12-28-50-40/h3-29,35-36H,30-31H2,1-2H3. The Balaban J connectivity index is 1.08. The molecule has 0 spiro atoms. The SMILES string of the molecule is CC1(C)C2=C(B(C3C=CC=C(OC4C=CC=C(c5ccccn5)C4)C3)c3ncccc3N2c2nc(-c3ccccc3)nc(-c3ccccc3)n2)c2ccccc21. The quantitative estimate of drug-likeness (QED) is 0.152. The summed E-state index contributed by atoms with van der Waals surface area (Å²) in [6, 6.07) is 39.4. The molecule has 56 heavy (non-hydrogen) atoms. The molecule has 0 bridgehead atoms.